The number of carbonyl (C=O) groups is 1. The molecule has 6 heteroatoms. The second kappa shape index (κ2) is 25.8. The monoisotopic (exact) mass is 508 g/mol. The van der Waals surface area contributed by atoms with Crippen LogP contribution in [0, 0.1) is 0 Å². The zero-order chi connectivity index (χ0) is 25.1. The van der Waals surface area contributed by atoms with E-state index in [0.29, 0.717) is 13.2 Å². The van der Waals surface area contributed by atoms with Crippen LogP contribution in [0.4, 0.5) is 4.79 Å². The van der Waals surface area contributed by atoms with Crippen molar-refractivity contribution in [3.05, 3.63) is 30.1 Å². The van der Waals surface area contributed by atoms with E-state index >= 15 is 0 Å². The highest BCUT2D eigenvalue weighted by atomic mass is 32.2. The third kappa shape index (κ3) is 22.9. The molecule has 1 aromatic heterocycles. The van der Waals surface area contributed by atoms with Crippen molar-refractivity contribution in [1.29, 1.82) is 0 Å². The zero-order valence-electron chi connectivity index (χ0n) is 22.4. The summed E-state index contributed by atoms with van der Waals surface area (Å²) in [6, 6.07) is 5.62. The highest BCUT2D eigenvalue weighted by Crippen LogP contribution is 2.13. The summed E-state index contributed by atoms with van der Waals surface area (Å²) in [4.78, 5) is 15.8. The zero-order valence-corrected chi connectivity index (χ0v) is 23.3. The molecule has 35 heavy (non-hydrogen) atoms. The Morgan fingerprint density at radius 2 is 1.34 bits per heavy atom. The molecule has 0 aliphatic heterocycles. The maximum Gasteiger partial charge on any atom is 0.407 e. The Hall–Kier alpha value is -1.27. The predicted octanol–water partition coefficient (Wildman–Crippen LogP) is 8.32. The summed E-state index contributed by atoms with van der Waals surface area (Å²) in [6.45, 7) is 4.73. The molecule has 0 saturated carbocycles. The van der Waals surface area contributed by atoms with Crippen LogP contribution in [0.5, 0.6) is 0 Å². The van der Waals surface area contributed by atoms with Gasteiger partial charge in [-0.2, -0.15) is 11.8 Å². The second-order valence-corrected chi connectivity index (χ2v) is 10.6. The van der Waals surface area contributed by atoms with Crippen LogP contribution in [0.3, 0.4) is 0 Å². The maximum absolute atomic E-state index is 11.6. The van der Waals surface area contributed by atoms with Crippen LogP contribution in [0.2, 0.25) is 0 Å². The molecular weight excluding hydrogens is 456 g/mol. The fourth-order valence-corrected chi connectivity index (χ4v) is 4.62. The van der Waals surface area contributed by atoms with Crippen molar-refractivity contribution < 1.29 is 14.3 Å². The Labute approximate surface area is 219 Å². The fourth-order valence-electron chi connectivity index (χ4n) is 3.98. The number of hydrogen-bond donors (Lipinski definition) is 1. The van der Waals surface area contributed by atoms with Gasteiger partial charge in [-0.25, -0.2) is 4.79 Å². The van der Waals surface area contributed by atoms with Gasteiger partial charge in [0, 0.05) is 24.3 Å². The van der Waals surface area contributed by atoms with E-state index in [9.17, 15) is 4.79 Å². The van der Waals surface area contributed by atoms with Crippen LogP contribution in [0.15, 0.2) is 24.4 Å². The van der Waals surface area contributed by atoms with Crippen molar-refractivity contribution in [3.63, 3.8) is 0 Å². The molecule has 0 atom stereocenters. The largest absolute Gasteiger partial charge is 0.449 e. The number of alkyl carbamates (subject to hydrolysis) is 1. The Balaban J connectivity index is 1.69. The average Bonchev–Trinajstić information content (AvgIpc) is 2.88. The number of thioether (sulfide) groups is 1. The van der Waals surface area contributed by atoms with E-state index in [1.54, 1.807) is 18.0 Å². The number of rotatable bonds is 25. The maximum atomic E-state index is 11.6. The van der Waals surface area contributed by atoms with Gasteiger partial charge in [-0.05, 0) is 18.6 Å². The lowest BCUT2D eigenvalue weighted by Crippen LogP contribution is -2.25. The molecule has 0 spiro atoms. The van der Waals surface area contributed by atoms with Crippen LogP contribution in [0.25, 0.3) is 0 Å². The molecular formula is C29H52N2O3S. The van der Waals surface area contributed by atoms with Crippen molar-refractivity contribution in [2.45, 2.75) is 116 Å². The summed E-state index contributed by atoms with van der Waals surface area (Å²) in [5.74, 6) is 1.73. The molecule has 1 aromatic rings. The van der Waals surface area contributed by atoms with Gasteiger partial charge in [0.25, 0.3) is 0 Å². The molecule has 0 aliphatic carbocycles. The fraction of sp³-hybridized carbons (Fsp3) is 0.793. The van der Waals surface area contributed by atoms with Gasteiger partial charge >= 0.3 is 6.09 Å². The quantitative estimate of drug-likeness (QED) is 0.135. The van der Waals surface area contributed by atoms with Crippen LogP contribution in [-0.2, 0) is 16.0 Å². The molecule has 0 fully saturated rings. The van der Waals surface area contributed by atoms with E-state index in [-0.39, 0.29) is 0 Å². The lowest BCUT2D eigenvalue weighted by Gasteiger charge is -2.07. The lowest BCUT2D eigenvalue weighted by atomic mass is 10.0. The Morgan fingerprint density at radius 3 is 1.91 bits per heavy atom. The van der Waals surface area contributed by atoms with E-state index in [1.165, 1.54) is 103 Å². The number of carbonyl (C=O) groups excluding carboxylic acids is 1. The van der Waals surface area contributed by atoms with Gasteiger partial charge in [0.1, 0.15) is 6.61 Å². The summed E-state index contributed by atoms with van der Waals surface area (Å²) < 4.78 is 10.9. The third-order valence-electron chi connectivity index (χ3n) is 6.12. The van der Waals surface area contributed by atoms with Gasteiger partial charge in [-0.15, -0.1) is 0 Å². The molecule has 1 amide bonds. The molecule has 0 bridgehead atoms. The molecule has 0 saturated heterocycles. The molecule has 0 aliphatic rings. The van der Waals surface area contributed by atoms with Crippen molar-refractivity contribution >= 4 is 17.9 Å². The highest BCUT2D eigenvalue weighted by molar-refractivity contribution is 7.99. The molecule has 1 N–H and O–H groups in total. The van der Waals surface area contributed by atoms with Gasteiger partial charge in [0.2, 0.25) is 0 Å². The third-order valence-corrected chi connectivity index (χ3v) is 7.03. The summed E-state index contributed by atoms with van der Waals surface area (Å²) in [7, 11) is 0. The number of amides is 1. The molecule has 202 valence electrons. The van der Waals surface area contributed by atoms with Gasteiger partial charge in [-0.3, -0.25) is 4.98 Å². The first-order chi connectivity index (χ1) is 17.3. The van der Waals surface area contributed by atoms with Gasteiger partial charge in [0.15, 0.2) is 0 Å². The number of hydrogen-bond acceptors (Lipinski definition) is 5. The Kier molecular flexibility index (Phi) is 23.4. The van der Waals surface area contributed by atoms with Crippen molar-refractivity contribution in [2.75, 3.05) is 31.3 Å². The van der Waals surface area contributed by atoms with Gasteiger partial charge in [0.05, 0.1) is 18.8 Å². The number of unbranched alkanes of at least 4 members (excludes halogenated alkanes) is 15. The van der Waals surface area contributed by atoms with E-state index in [0.717, 1.165) is 30.4 Å². The Morgan fingerprint density at radius 1 is 0.771 bits per heavy atom. The number of ether oxygens (including phenoxy) is 2. The van der Waals surface area contributed by atoms with Crippen molar-refractivity contribution in [1.82, 2.24) is 10.3 Å². The van der Waals surface area contributed by atoms with E-state index in [4.69, 9.17) is 9.47 Å². The average molecular weight is 509 g/mol. The first kappa shape index (κ1) is 31.8. The van der Waals surface area contributed by atoms with Crippen LogP contribution >= 0.6 is 11.8 Å². The van der Waals surface area contributed by atoms with Crippen molar-refractivity contribution in [3.8, 4) is 0 Å². The molecule has 1 heterocycles. The molecule has 0 aromatic carbocycles. The number of pyridine rings is 1. The normalized spacial score (nSPS) is 11.0. The topological polar surface area (TPSA) is 60.5 Å². The summed E-state index contributed by atoms with van der Waals surface area (Å²) in [5, 5.41) is 2.71. The molecule has 1 rings (SSSR count). The summed E-state index contributed by atoms with van der Waals surface area (Å²) >= 11 is 1.76. The minimum atomic E-state index is -0.393. The van der Waals surface area contributed by atoms with E-state index < -0.39 is 6.09 Å². The minimum absolute atomic E-state index is 0.389. The highest BCUT2D eigenvalue weighted by Gasteiger charge is 2.02. The lowest BCUT2D eigenvalue weighted by molar-refractivity contribution is 0.145. The van der Waals surface area contributed by atoms with Crippen LogP contribution in [0.1, 0.15) is 115 Å². The van der Waals surface area contributed by atoms with Crippen molar-refractivity contribution in [2.24, 2.45) is 0 Å². The molecule has 0 radical (unpaired) electrons. The van der Waals surface area contributed by atoms with Gasteiger partial charge < -0.3 is 14.8 Å². The Bertz CT molecular complexity index is 574. The number of nitrogens with zero attached hydrogens (tertiary/aromatic N) is 1. The molecule has 0 unspecified atom stereocenters. The van der Waals surface area contributed by atoms with Crippen LogP contribution in [-0.4, -0.2) is 42.4 Å². The number of nitrogens with one attached hydrogen (secondary N) is 1. The minimum Gasteiger partial charge on any atom is -0.449 e. The van der Waals surface area contributed by atoms with E-state index in [1.807, 2.05) is 18.2 Å². The first-order valence-electron chi connectivity index (χ1n) is 14.3. The van der Waals surface area contributed by atoms with E-state index in [2.05, 4.69) is 17.2 Å². The first-order valence-corrected chi connectivity index (χ1v) is 15.4. The second-order valence-electron chi connectivity index (χ2n) is 9.34. The summed E-state index contributed by atoms with van der Waals surface area (Å²) in [5.41, 5.74) is 0.820. The summed E-state index contributed by atoms with van der Waals surface area (Å²) in [6.07, 6.45) is 23.6. The smallest absolute Gasteiger partial charge is 0.407 e. The standard InChI is InChI=1S/C29H52N2O3S/c1-2-3-4-5-6-7-8-9-10-11-12-13-14-15-16-19-22-33-23-25-35-26-24-34-29(32)31-27-28-20-17-18-21-30-28/h17-18,20-21H,2-16,19,22-27H2,1H3,(H,31,32). The number of aromatic nitrogens is 1. The molecule has 5 nitrogen and oxygen atoms in total. The SMILES string of the molecule is CCCCCCCCCCCCCCCCCCOCCSCCOC(=O)NCc1ccccn1. The predicted molar refractivity (Wildman–Crippen MR) is 150 cm³/mol. The van der Waals surface area contributed by atoms with Gasteiger partial charge in [-0.1, -0.05) is 109 Å². The van der Waals surface area contributed by atoms with Crippen LogP contribution < -0.4 is 5.32 Å².